The maximum atomic E-state index is 13.2. The van der Waals surface area contributed by atoms with Gasteiger partial charge < -0.3 is 20.7 Å². The van der Waals surface area contributed by atoms with Crippen LogP contribution in [-0.2, 0) is 15.0 Å². The molecule has 1 aromatic rings. The zero-order valence-corrected chi connectivity index (χ0v) is 17.7. The molecule has 1 unspecified atom stereocenters. The molecule has 1 aromatic carbocycles. The number of hydrogen-bond donors (Lipinski definition) is 2. The minimum atomic E-state index is -0.661. The number of carbonyl (C=O) groups excluding carboxylic acids is 2. The summed E-state index contributed by atoms with van der Waals surface area (Å²) in [6, 6.07) is 7.77. The van der Waals surface area contributed by atoms with Gasteiger partial charge in [-0.15, -0.1) is 0 Å². The van der Waals surface area contributed by atoms with Gasteiger partial charge in [0.15, 0.2) is 0 Å². The van der Waals surface area contributed by atoms with E-state index in [1.165, 1.54) is 0 Å². The fourth-order valence-electron chi connectivity index (χ4n) is 3.46. The van der Waals surface area contributed by atoms with E-state index < -0.39 is 5.41 Å². The van der Waals surface area contributed by atoms with Crippen LogP contribution in [0.3, 0.4) is 0 Å². The fraction of sp³-hybridized carbons (Fsp3) is 0.636. The summed E-state index contributed by atoms with van der Waals surface area (Å²) in [4.78, 5) is 27.4. The molecule has 1 fully saturated rings. The molecule has 1 aliphatic heterocycles. The minimum absolute atomic E-state index is 0.00703. The highest BCUT2D eigenvalue weighted by Gasteiger charge is 2.37. The van der Waals surface area contributed by atoms with E-state index in [-0.39, 0.29) is 17.7 Å². The number of nitrogens with one attached hydrogen (secondary N) is 1. The van der Waals surface area contributed by atoms with Crippen molar-refractivity contribution in [3.63, 3.8) is 0 Å². The molecule has 156 valence electrons. The lowest BCUT2D eigenvalue weighted by molar-refractivity contribution is -0.140. The Kier molecular flexibility index (Phi) is 7.87. The van der Waals surface area contributed by atoms with E-state index in [1.54, 1.807) is 0 Å². The van der Waals surface area contributed by atoms with Gasteiger partial charge in [0, 0.05) is 26.2 Å². The Hall–Kier alpha value is -2.08. The van der Waals surface area contributed by atoms with Crippen LogP contribution in [0.5, 0.6) is 5.75 Å². The van der Waals surface area contributed by atoms with Crippen LogP contribution in [0.1, 0.15) is 46.1 Å². The van der Waals surface area contributed by atoms with E-state index in [1.807, 2.05) is 43.0 Å². The Labute approximate surface area is 168 Å². The number of nitrogens with zero attached hydrogens (tertiary/aromatic N) is 1. The largest absolute Gasteiger partial charge is 0.493 e. The van der Waals surface area contributed by atoms with Gasteiger partial charge in [-0.25, -0.2) is 0 Å². The highest BCUT2D eigenvalue weighted by Crippen LogP contribution is 2.30. The Morgan fingerprint density at radius 2 is 1.96 bits per heavy atom. The second-order valence-corrected chi connectivity index (χ2v) is 8.52. The molecule has 1 heterocycles. The first kappa shape index (κ1) is 22.2. The quantitative estimate of drug-likeness (QED) is 0.715. The molecule has 0 saturated carbocycles. The summed E-state index contributed by atoms with van der Waals surface area (Å²) in [5.74, 6) is 1.17. The third kappa shape index (κ3) is 5.71. The van der Waals surface area contributed by atoms with Gasteiger partial charge in [-0.2, -0.15) is 0 Å². The van der Waals surface area contributed by atoms with Crippen molar-refractivity contribution in [1.82, 2.24) is 10.2 Å². The number of likely N-dealkylation sites (tertiary alicyclic amines) is 1. The topological polar surface area (TPSA) is 84.7 Å². The van der Waals surface area contributed by atoms with Crippen LogP contribution in [0, 0.1) is 11.8 Å². The first-order valence-corrected chi connectivity index (χ1v) is 10.3. The molecule has 0 aliphatic carbocycles. The zero-order valence-electron chi connectivity index (χ0n) is 17.7. The van der Waals surface area contributed by atoms with Crippen LogP contribution < -0.4 is 15.8 Å². The predicted molar refractivity (Wildman–Crippen MR) is 111 cm³/mol. The monoisotopic (exact) mass is 389 g/mol. The molecule has 0 radical (unpaired) electrons. The summed E-state index contributed by atoms with van der Waals surface area (Å²) >= 11 is 0. The van der Waals surface area contributed by atoms with Crippen molar-refractivity contribution in [1.29, 1.82) is 0 Å². The molecule has 0 aromatic heterocycles. The number of piperidine rings is 1. The van der Waals surface area contributed by atoms with Crippen molar-refractivity contribution < 1.29 is 14.3 Å². The average molecular weight is 390 g/mol. The van der Waals surface area contributed by atoms with Crippen molar-refractivity contribution in [2.75, 3.05) is 32.8 Å². The zero-order chi connectivity index (χ0) is 20.7. The molecule has 2 amide bonds. The number of benzene rings is 1. The van der Waals surface area contributed by atoms with Crippen molar-refractivity contribution in [3.05, 3.63) is 29.8 Å². The second kappa shape index (κ2) is 9.92. The Bertz CT molecular complexity index is 655. The van der Waals surface area contributed by atoms with E-state index in [4.69, 9.17) is 10.5 Å². The summed E-state index contributed by atoms with van der Waals surface area (Å²) in [5.41, 5.74) is 5.75. The summed E-state index contributed by atoms with van der Waals surface area (Å²) in [6.07, 6.45) is 1.65. The Morgan fingerprint density at radius 1 is 1.29 bits per heavy atom. The molecule has 1 saturated heterocycles. The number of nitrogens with two attached hydrogens (primary N) is 1. The lowest BCUT2D eigenvalue weighted by Crippen LogP contribution is -2.50. The van der Waals surface area contributed by atoms with Crippen LogP contribution in [0.4, 0.5) is 0 Å². The summed E-state index contributed by atoms with van der Waals surface area (Å²) in [7, 11) is 0. The normalized spacial score (nSPS) is 17.5. The number of ether oxygens (including phenoxy) is 1. The van der Waals surface area contributed by atoms with E-state index in [2.05, 4.69) is 19.2 Å². The van der Waals surface area contributed by atoms with Gasteiger partial charge in [0.1, 0.15) is 5.75 Å². The molecule has 28 heavy (non-hydrogen) atoms. The lowest BCUT2D eigenvalue weighted by Gasteiger charge is -2.37. The van der Waals surface area contributed by atoms with Crippen LogP contribution in [0.25, 0.3) is 0 Å². The first-order chi connectivity index (χ1) is 13.3. The molecular weight excluding hydrogens is 354 g/mol. The van der Waals surface area contributed by atoms with Gasteiger partial charge in [0.05, 0.1) is 17.9 Å². The second-order valence-electron chi connectivity index (χ2n) is 8.52. The van der Waals surface area contributed by atoms with E-state index in [0.29, 0.717) is 38.7 Å². The lowest BCUT2D eigenvalue weighted by atomic mass is 9.82. The highest BCUT2D eigenvalue weighted by molar-refractivity contribution is 5.88. The van der Waals surface area contributed by atoms with Gasteiger partial charge in [-0.05, 0) is 50.3 Å². The predicted octanol–water partition coefficient (Wildman–Crippen LogP) is 2.31. The summed E-state index contributed by atoms with van der Waals surface area (Å²) in [5, 5.41) is 2.84. The van der Waals surface area contributed by atoms with Gasteiger partial charge in [-0.1, -0.05) is 26.0 Å². The highest BCUT2D eigenvalue weighted by atomic mass is 16.5. The molecule has 3 N–H and O–H groups in total. The fourth-order valence-corrected chi connectivity index (χ4v) is 3.46. The van der Waals surface area contributed by atoms with Crippen LogP contribution in [0.15, 0.2) is 24.3 Å². The molecule has 6 nitrogen and oxygen atoms in total. The van der Waals surface area contributed by atoms with E-state index >= 15 is 0 Å². The summed E-state index contributed by atoms with van der Waals surface area (Å²) in [6.45, 7) is 10.8. The number of amides is 2. The van der Waals surface area contributed by atoms with Gasteiger partial charge in [-0.3, -0.25) is 9.59 Å². The molecule has 0 bridgehead atoms. The minimum Gasteiger partial charge on any atom is -0.493 e. The maximum Gasteiger partial charge on any atom is 0.232 e. The Morgan fingerprint density at radius 3 is 2.57 bits per heavy atom. The molecule has 0 spiro atoms. The van der Waals surface area contributed by atoms with E-state index in [0.717, 1.165) is 24.2 Å². The third-order valence-corrected chi connectivity index (χ3v) is 5.22. The first-order valence-electron chi connectivity index (χ1n) is 10.3. The van der Waals surface area contributed by atoms with Crippen molar-refractivity contribution >= 4 is 11.8 Å². The smallest absolute Gasteiger partial charge is 0.232 e. The molecule has 1 atom stereocenters. The van der Waals surface area contributed by atoms with Gasteiger partial charge in [0.25, 0.3) is 0 Å². The molecule has 1 aliphatic rings. The standard InChI is InChI=1S/C22H35N3O3/c1-16(2)15-28-19-9-7-18(8-10-19)22(3,4)21(27)25-13-5-6-17(14-25)20(26)24-12-11-23/h7-10,16-17H,5-6,11-15,23H2,1-4H3,(H,24,26). The van der Waals surface area contributed by atoms with Crippen molar-refractivity contribution in [3.8, 4) is 5.75 Å². The van der Waals surface area contributed by atoms with E-state index in [9.17, 15) is 9.59 Å². The van der Waals surface area contributed by atoms with Crippen LogP contribution in [0.2, 0.25) is 0 Å². The number of carbonyl (C=O) groups is 2. The van der Waals surface area contributed by atoms with Gasteiger partial charge >= 0.3 is 0 Å². The third-order valence-electron chi connectivity index (χ3n) is 5.22. The maximum absolute atomic E-state index is 13.2. The average Bonchev–Trinajstić information content (AvgIpc) is 2.70. The molecular formula is C22H35N3O3. The van der Waals surface area contributed by atoms with Crippen molar-refractivity contribution in [2.24, 2.45) is 17.6 Å². The summed E-state index contributed by atoms with van der Waals surface area (Å²) < 4.78 is 5.74. The van der Waals surface area contributed by atoms with Crippen LogP contribution >= 0.6 is 0 Å². The molecule has 2 rings (SSSR count). The van der Waals surface area contributed by atoms with Crippen LogP contribution in [-0.4, -0.2) is 49.5 Å². The SMILES string of the molecule is CC(C)COc1ccc(C(C)(C)C(=O)N2CCCC(C(=O)NCCN)C2)cc1. The van der Waals surface area contributed by atoms with Gasteiger partial charge in [0.2, 0.25) is 11.8 Å². The number of hydrogen-bond acceptors (Lipinski definition) is 4. The molecule has 6 heteroatoms. The van der Waals surface area contributed by atoms with Crippen molar-refractivity contribution in [2.45, 2.75) is 46.0 Å². The number of rotatable bonds is 8. The Balaban J connectivity index is 2.03.